The Hall–Kier alpha value is -1.75. The van der Waals surface area contributed by atoms with Crippen molar-refractivity contribution < 1.29 is 9.53 Å². The number of hydrogen-bond donors (Lipinski definition) is 3. The number of carbonyl (C=O) groups is 1. The first-order chi connectivity index (χ1) is 8.16. The molecule has 2 rings (SSSR count). The van der Waals surface area contributed by atoms with Crippen LogP contribution in [0.25, 0.3) is 0 Å². The zero-order valence-corrected chi connectivity index (χ0v) is 9.61. The third-order valence-corrected chi connectivity index (χ3v) is 2.88. The molecule has 0 saturated carbocycles. The number of nitrogens with two attached hydrogens (primary N) is 2. The van der Waals surface area contributed by atoms with E-state index < -0.39 is 0 Å². The molecule has 1 aromatic rings. The number of carbonyl (C=O) groups excluding carboxylic acids is 1. The standard InChI is InChI=1S/C12H17N3O2/c13-8-1-2-10(11(14)7-8)12(16)15-9-3-5-17-6-4-9/h1-2,7,9H,3-6,13-14H2,(H,15,16). The molecule has 92 valence electrons. The summed E-state index contributed by atoms with van der Waals surface area (Å²) in [5.74, 6) is -0.144. The molecule has 1 heterocycles. The van der Waals surface area contributed by atoms with Crippen molar-refractivity contribution in [2.75, 3.05) is 24.7 Å². The normalized spacial score (nSPS) is 16.7. The number of hydrogen-bond acceptors (Lipinski definition) is 4. The monoisotopic (exact) mass is 235 g/mol. The summed E-state index contributed by atoms with van der Waals surface area (Å²) in [6.45, 7) is 1.39. The fourth-order valence-corrected chi connectivity index (χ4v) is 1.89. The van der Waals surface area contributed by atoms with E-state index >= 15 is 0 Å². The minimum Gasteiger partial charge on any atom is -0.399 e. The summed E-state index contributed by atoms with van der Waals surface area (Å²) >= 11 is 0. The first kappa shape index (κ1) is 11.7. The Kier molecular flexibility index (Phi) is 3.49. The molecule has 1 aliphatic heterocycles. The summed E-state index contributed by atoms with van der Waals surface area (Å²) in [6, 6.07) is 5.10. The highest BCUT2D eigenvalue weighted by molar-refractivity contribution is 5.99. The molecule has 0 aromatic heterocycles. The van der Waals surface area contributed by atoms with E-state index in [0.29, 0.717) is 30.2 Å². The van der Waals surface area contributed by atoms with Crippen LogP contribution < -0.4 is 16.8 Å². The molecule has 0 unspecified atom stereocenters. The van der Waals surface area contributed by atoms with Crippen LogP contribution in [0.3, 0.4) is 0 Å². The predicted molar refractivity (Wildman–Crippen MR) is 66.6 cm³/mol. The molecule has 1 amide bonds. The number of nitrogens with one attached hydrogen (secondary N) is 1. The van der Waals surface area contributed by atoms with Gasteiger partial charge in [-0.2, -0.15) is 0 Å². The lowest BCUT2D eigenvalue weighted by atomic mass is 10.1. The topological polar surface area (TPSA) is 90.4 Å². The number of rotatable bonds is 2. The van der Waals surface area contributed by atoms with Gasteiger partial charge >= 0.3 is 0 Å². The van der Waals surface area contributed by atoms with Gasteiger partial charge in [-0.05, 0) is 31.0 Å². The molecule has 1 aromatic carbocycles. The maximum absolute atomic E-state index is 12.0. The predicted octanol–water partition coefficient (Wildman–Crippen LogP) is 0.760. The summed E-state index contributed by atoms with van der Waals surface area (Å²) in [5.41, 5.74) is 12.8. The Morgan fingerprint density at radius 2 is 2.00 bits per heavy atom. The van der Waals surface area contributed by atoms with Crippen LogP contribution in [0.2, 0.25) is 0 Å². The second kappa shape index (κ2) is 5.05. The van der Waals surface area contributed by atoms with E-state index in [1.807, 2.05) is 0 Å². The summed E-state index contributed by atoms with van der Waals surface area (Å²) in [7, 11) is 0. The van der Waals surface area contributed by atoms with Crippen LogP contribution >= 0.6 is 0 Å². The van der Waals surface area contributed by atoms with Crippen LogP contribution in [0.15, 0.2) is 18.2 Å². The van der Waals surface area contributed by atoms with Gasteiger partial charge < -0.3 is 21.5 Å². The van der Waals surface area contributed by atoms with Crippen molar-refractivity contribution >= 4 is 17.3 Å². The first-order valence-electron chi connectivity index (χ1n) is 5.70. The number of amides is 1. The van der Waals surface area contributed by atoms with Crippen LogP contribution in [-0.2, 0) is 4.74 Å². The fraction of sp³-hybridized carbons (Fsp3) is 0.417. The lowest BCUT2D eigenvalue weighted by Gasteiger charge is -2.23. The summed E-state index contributed by atoms with van der Waals surface area (Å²) in [4.78, 5) is 12.0. The van der Waals surface area contributed by atoms with Crippen LogP contribution in [0.5, 0.6) is 0 Å². The van der Waals surface area contributed by atoms with Crippen molar-refractivity contribution in [2.24, 2.45) is 0 Å². The molecule has 1 saturated heterocycles. The van der Waals surface area contributed by atoms with Gasteiger partial charge in [0.15, 0.2) is 0 Å². The van der Waals surface area contributed by atoms with E-state index in [1.54, 1.807) is 18.2 Å². The van der Waals surface area contributed by atoms with E-state index in [-0.39, 0.29) is 11.9 Å². The smallest absolute Gasteiger partial charge is 0.253 e. The lowest BCUT2D eigenvalue weighted by molar-refractivity contribution is 0.0697. The van der Waals surface area contributed by atoms with Crippen LogP contribution in [0, 0.1) is 0 Å². The van der Waals surface area contributed by atoms with E-state index in [1.165, 1.54) is 0 Å². The average molecular weight is 235 g/mol. The Morgan fingerprint density at radius 1 is 1.29 bits per heavy atom. The van der Waals surface area contributed by atoms with Gasteiger partial charge in [0.1, 0.15) is 0 Å². The molecule has 0 aliphatic carbocycles. The zero-order valence-electron chi connectivity index (χ0n) is 9.61. The second-order valence-electron chi connectivity index (χ2n) is 4.21. The highest BCUT2D eigenvalue weighted by atomic mass is 16.5. The molecule has 17 heavy (non-hydrogen) atoms. The summed E-state index contributed by atoms with van der Waals surface area (Å²) in [5, 5.41) is 2.96. The lowest BCUT2D eigenvalue weighted by Crippen LogP contribution is -2.39. The number of benzene rings is 1. The van der Waals surface area contributed by atoms with Crippen molar-refractivity contribution in [1.82, 2.24) is 5.32 Å². The van der Waals surface area contributed by atoms with Gasteiger partial charge in [-0.15, -0.1) is 0 Å². The quantitative estimate of drug-likeness (QED) is 0.660. The maximum atomic E-state index is 12.0. The Balaban J connectivity index is 2.03. The third kappa shape index (κ3) is 2.88. The van der Waals surface area contributed by atoms with E-state index in [2.05, 4.69) is 5.32 Å². The van der Waals surface area contributed by atoms with Crippen molar-refractivity contribution in [2.45, 2.75) is 18.9 Å². The minimum atomic E-state index is -0.144. The highest BCUT2D eigenvalue weighted by Gasteiger charge is 2.18. The van der Waals surface area contributed by atoms with Crippen LogP contribution in [0.1, 0.15) is 23.2 Å². The molecule has 0 bridgehead atoms. The molecular weight excluding hydrogens is 218 g/mol. The molecule has 0 spiro atoms. The van der Waals surface area contributed by atoms with Crippen LogP contribution in [0.4, 0.5) is 11.4 Å². The molecule has 5 N–H and O–H groups in total. The number of nitrogen functional groups attached to an aromatic ring is 2. The van der Waals surface area contributed by atoms with E-state index in [9.17, 15) is 4.79 Å². The van der Waals surface area contributed by atoms with Crippen molar-refractivity contribution in [3.05, 3.63) is 23.8 Å². The van der Waals surface area contributed by atoms with Crippen molar-refractivity contribution in [3.63, 3.8) is 0 Å². The second-order valence-corrected chi connectivity index (χ2v) is 4.21. The van der Waals surface area contributed by atoms with Gasteiger partial charge in [0, 0.05) is 30.6 Å². The third-order valence-electron chi connectivity index (χ3n) is 2.88. The number of ether oxygens (including phenoxy) is 1. The fourth-order valence-electron chi connectivity index (χ4n) is 1.89. The molecule has 1 aliphatic rings. The molecular formula is C12H17N3O2. The molecule has 0 atom stereocenters. The Morgan fingerprint density at radius 3 is 2.65 bits per heavy atom. The summed E-state index contributed by atoms with van der Waals surface area (Å²) < 4.78 is 5.23. The van der Waals surface area contributed by atoms with E-state index in [4.69, 9.17) is 16.2 Å². The Bertz CT molecular complexity index is 414. The SMILES string of the molecule is Nc1ccc(C(=O)NC2CCOCC2)c(N)c1. The Labute approximate surface area is 100 Å². The van der Waals surface area contributed by atoms with E-state index in [0.717, 1.165) is 12.8 Å². The largest absolute Gasteiger partial charge is 0.399 e. The van der Waals surface area contributed by atoms with Gasteiger partial charge in [0.2, 0.25) is 0 Å². The van der Waals surface area contributed by atoms with Crippen molar-refractivity contribution in [3.8, 4) is 0 Å². The minimum absolute atomic E-state index is 0.144. The van der Waals surface area contributed by atoms with Gasteiger partial charge in [-0.1, -0.05) is 0 Å². The first-order valence-corrected chi connectivity index (χ1v) is 5.70. The number of anilines is 2. The van der Waals surface area contributed by atoms with Gasteiger partial charge in [-0.25, -0.2) is 0 Å². The summed E-state index contributed by atoms with van der Waals surface area (Å²) in [6.07, 6.45) is 1.70. The molecule has 1 fully saturated rings. The average Bonchev–Trinajstić information content (AvgIpc) is 2.30. The maximum Gasteiger partial charge on any atom is 0.253 e. The highest BCUT2D eigenvalue weighted by Crippen LogP contribution is 2.16. The molecule has 5 nitrogen and oxygen atoms in total. The van der Waals surface area contributed by atoms with Crippen LogP contribution in [-0.4, -0.2) is 25.2 Å². The van der Waals surface area contributed by atoms with Crippen molar-refractivity contribution in [1.29, 1.82) is 0 Å². The molecule has 5 heteroatoms. The van der Waals surface area contributed by atoms with Gasteiger partial charge in [0.25, 0.3) is 5.91 Å². The molecule has 0 radical (unpaired) electrons. The zero-order chi connectivity index (χ0) is 12.3. The van der Waals surface area contributed by atoms with Gasteiger partial charge in [-0.3, -0.25) is 4.79 Å². The van der Waals surface area contributed by atoms with Gasteiger partial charge in [0.05, 0.1) is 5.56 Å².